The van der Waals surface area contributed by atoms with Crippen molar-refractivity contribution in [3.63, 3.8) is 0 Å². The lowest BCUT2D eigenvalue weighted by Gasteiger charge is -2.03. The average Bonchev–Trinajstić information content (AvgIpc) is 2.43. The SMILES string of the molecule is NC(=O)c1sc(Br)cc1NCC(F)F. The summed E-state index contributed by atoms with van der Waals surface area (Å²) in [4.78, 5) is 11.1. The van der Waals surface area contributed by atoms with Crippen LogP contribution in [0.3, 0.4) is 0 Å². The van der Waals surface area contributed by atoms with Crippen LogP contribution in [0.1, 0.15) is 9.67 Å². The van der Waals surface area contributed by atoms with Crippen molar-refractivity contribution in [2.45, 2.75) is 6.43 Å². The molecule has 1 rings (SSSR count). The Labute approximate surface area is 91.4 Å². The number of carbonyl (C=O) groups is 1. The molecular weight excluding hydrogens is 278 g/mol. The molecule has 0 aromatic carbocycles. The number of carbonyl (C=O) groups excluding carboxylic acids is 1. The van der Waals surface area contributed by atoms with Gasteiger partial charge in [0.05, 0.1) is 16.0 Å². The van der Waals surface area contributed by atoms with Gasteiger partial charge >= 0.3 is 0 Å². The van der Waals surface area contributed by atoms with Gasteiger partial charge in [0.25, 0.3) is 12.3 Å². The van der Waals surface area contributed by atoms with Gasteiger partial charge in [-0.2, -0.15) is 0 Å². The lowest BCUT2D eigenvalue weighted by Crippen LogP contribution is -2.15. The first-order chi connectivity index (χ1) is 6.50. The summed E-state index contributed by atoms with van der Waals surface area (Å²) in [6, 6.07) is 1.55. The molecule has 3 nitrogen and oxygen atoms in total. The first-order valence-corrected chi connectivity index (χ1v) is 5.23. The third kappa shape index (κ3) is 2.91. The summed E-state index contributed by atoms with van der Waals surface area (Å²) < 4.78 is 24.4. The Bertz CT molecular complexity index is 342. The Morgan fingerprint density at radius 3 is 2.86 bits per heavy atom. The van der Waals surface area contributed by atoms with Gasteiger partial charge in [0.2, 0.25) is 0 Å². The monoisotopic (exact) mass is 284 g/mol. The normalized spacial score (nSPS) is 10.6. The molecule has 0 saturated heterocycles. The fourth-order valence-corrected chi connectivity index (χ4v) is 2.29. The highest BCUT2D eigenvalue weighted by Crippen LogP contribution is 2.30. The molecule has 1 amide bonds. The number of nitrogens with two attached hydrogens (primary N) is 1. The predicted molar refractivity (Wildman–Crippen MR) is 55.0 cm³/mol. The fraction of sp³-hybridized carbons (Fsp3) is 0.286. The van der Waals surface area contributed by atoms with Crippen LogP contribution in [0.2, 0.25) is 0 Å². The molecule has 14 heavy (non-hydrogen) atoms. The average molecular weight is 285 g/mol. The summed E-state index contributed by atoms with van der Waals surface area (Å²) in [5.41, 5.74) is 5.40. The Kier molecular flexibility index (Phi) is 3.82. The zero-order valence-electron chi connectivity index (χ0n) is 6.89. The van der Waals surface area contributed by atoms with E-state index in [1.54, 1.807) is 6.07 Å². The van der Waals surface area contributed by atoms with E-state index in [0.29, 0.717) is 9.47 Å². The van der Waals surface area contributed by atoms with E-state index in [4.69, 9.17) is 5.73 Å². The van der Waals surface area contributed by atoms with Crippen molar-refractivity contribution in [3.8, 4) is 0 Å². The van der Waals surface area contributed by atoms with Gasteiger partial charge < -0.3 is 11.1 Å². The topological polar surface area (TPSA) is 55.1 Å². The van der Waals surface area contributed by atoms with Crippen LogP contribution in [0.5, 0.6) is 0 Å². The van der Waals surface area contributed by atoms with Crippen LogP contribution in [0.15, 0.2) is 9.85 Å². The van der Waals surface area contributed by atoms with Crippen molar-refractivity contribution in [3.05, 3.63) is 14.7 Å². The second-order valence-electron chi connectivity index (χ2n) is 2.43. The standard InChI is InChI=1S/C7H7BrF2N2OS/c8-4-1-3(12-2-5(9)10)6(14-4)7(11)13/h1,5,12H,2H2,(H2,11,13). The summed E-state index contributed by atoms with van der Waals surface area (Å²) in [5.74, 6) is -0.627. The van der Waals surface area contributed by atoms with Crippen molar-refractivity contribution < 1.29 is 13.6 Å². The molecule has 1 aromatic rings. The number of nitrogens with one attached hydrogen (secondary N) is 1. The molecule has 0 aliphatic rings. The molecule has 1 aromatic heterocycles. The van der Waals surface area contributed by atoms with Gasteiger partial charge in [-0.25, -0.2) is 8.78 Å². The number of rotatable bonds is 4. The van der Waals surface area contributed by atoms with Gasteiger partial charge in [0, 0.05) is 0 Å². The number of primary amides is 1. The number of alkyl halides is 2. The predicted octanol–water partition coefficient (Wildman–Crippen LogP) is 2.29. The molecule has 1 heterocycles. The molecule has 0 unspecified atom stereocenters. The van der Waals surface area contributed by atoms with E-state index in [2.05, 4.69) is 21.2 Å². The summed E-state index contributed by atoms with van der Waals surface area (Å²) in [7, 11) is 0. The van der Waals surface area contributed by atoms with Crippen molar-refractivity contribution >= 4 is 38.9 Å². The molecule has 78 valence electrons. The molecule has 0 bridgehead atoms. The minimum absolute atomic E-state index is 0.248. The minimum atomic E-state index is -2.46. The molecule has 0 radical (unpaired) electrons. The first-order valence-electron chi connectivity index (χ1n) is 3.62. The van der Waals surface area contributed by atoms with Crippen molar-refractivity contribution in [2.24, 2.45) is 5.73 Å². The van der Waals surface area contributed by atoms with Crippen LogP contribution in [0.25, 0.3) is 0 Å². The third-order valence-electron chi connectivity index (χ3n) is 1.37. The van der Waals surface area contributed by atoms with E-state index in [1.807, 2.05) is 0 Å². The van der Waals surface area contributed by atoms with Gasteiger partial charge in [-0.05, 0) is 22.0 Å². The zero-order valence-corrected chi connectivity index (χ0v) is 9.29. The lowest BCUT2D eigenvalue weighted by atomic mass is 10.3. The van der Waals surface area contributed by atoms with E-state index in [1.165, 1.54) is 0 Å². The van der Waals surface area contributed by atoms with Crippen LogP contribution in [-0.2, 0) is 0 Å². The molecule has 0 saturated carbocycles. The van der Waals surface area contributed by atoms with Crippen molar-refractivity contribution in [2.75, 3.05) is 11.9 Å². The molecule has 0 aliphatic heterocycles. The summed E-state index contributed by atoms with van der Waals surface area (Å²) in [6.07, 6.45) is -2.46. The van der Waals surface area contributed by atoms with Crippen LogP contribution >= 0.6 is 27.3 Å². The Hall–Kier alpha value is -0.690. The van der Waals surface area contributed by atoms with Gasteiger partial charge in [-0.15, -0.1) is 11.3 Å². The number of hydrogen-bond donors (Lipinski definition) is 2. The van der Waals surface area contributed by atoms with Crippen LogP contribution in [-0.4, -0.2) is 18.9 Å². The van der Waals surface area contributed by atoms with Gasteiger partial charge in [0.15, 0.2) is 0 Å². The molecule has 0 fully saturated rings. The quantitative estimate of drug-likeness (QED) is 0.891. The maximum absolute atomic E-state index is 11.9. The van der Waals surface area contributed by atoms with Gasteiger partial charge in [0.1, 0.15) is 4.88 Å². The summed E-state index contributed by atoms with van der Waals surface area (Å²) in [5, 5.41) is 2.44. The molecule has 0 spiro atoms. The number of hydrogen-bond acceptors (Lipinski definition) is 3. The number of anilines is 1. The van der Waals surface area contributed by atoms with Crippen LogP contribution in [0, 0.1) is 0 Å². The molecule has 0 aliphatic carbocycles. The van der Waals surface area contributed by atoms with E-state index in [-0.39, 0.29) is 4.88 Å². The van der Waals surface area contributed by atoms with Crippen molar-refractivity contribution in [1.29, 1.82) is 0 Å². The smallest absolute Gasteiger partial charge is 0.260 e. The van der Waals surface area contributed by atoms with E-state index in [0.717, 1.165) is 11.3 Å². The third-order valence-corrected chi connectivity index (χ3v) is 3.03. The summed E-state index contributed by atoms with van der Waals surface area (Å²) in [6.45, 7) is -0.497. The maximum atomic E-state index is 11.9. The molecule has 0 atom stereocenters. The highest BCUT2D eigenvalue weighted by molar-refractivity contribution is 9.11. The number of amides is 1. The van der Waals surface area contributed by atoms with Gasteiger partial charge in [-0.1, -0.05) is 0 Å². The molecular formula is C7H7BrF2N2OS. The second kappa shape index (κ2) is 4.70. The highest BCUT2D eigenvalue weighted by Gasteiger charge is 2.13. The zero-order chi connectivity index (χ0) is 10.7. The first kappa shape index (κ1) is 11.4. The Morgan fingerprint density at radius 1 is 1.71 bits per heavy atom. The van der Waals surface area contributed by atoms with Crippen LogP contribution < -0.4 is 11.1 Å². The Morgan fingerprint density at radius 2 is 2.36 bits per heavy atom. The highest BCUT2D eigenvalue weighted by atomic mass is 79.9. The molecule has 3 N–H and O–H groups in total. The Balaban J connectivity index is 2.79. The lowest BCUT2D eigenvalue weighted by molar-refractivity contribution is 0.100. The molecule has 7 heteroatoms. The minimum Gasteiger partial charge on any atom is -0.378 e. The second-order valence-corrected chi connectivity index (χ2v) is 4.86. The van der Waals surface area contributed by atoms with Gasteiger partial charge in [-0.3, -0.25) is 4.79 Å². The summed E-state index contributed by atoms with van der Waals surface area (Å²) >= 11 is 4.25. The van der Waals surface area contributed by atoms with Crippen molar-refractivity contribution in [1.82, 2.24) is 0 Å². The van der Waals surface area contributed by atoms with E-state index in [9.17, 15) is 13.6 Å². The number of thiophene rings is 1. The fourth-order valence-electron chi connectivity index (χ4n) is 0.862. The van der Waals surface area contributed by atoms with E-state index >= 15 is 0 Å². The van der Waals surface area contributed by atoms with Crippen LogP contribution in [0.4, 0.5) is 14.5 Å². The maximum Gasteiger partial charge on any atom is 0.260 e. The largest absolute Gasteiger partial charge is 0.378 e. The van der Waals surface area contributed by atoms with E-state index < -0.39 is 18.9 Å². The number of halogens is 3.